The van der Waals surface area contributed by atoms with Crippen LogP contribution in [0.15, 0.2) is 48.6 Å². The topological polar surface area (TPSA) is 0 Å². The Kier molecular flexibility index (Phi) is 42.5. The van der Waals surface area contributed by atoms with Crippen LogP contribution >= 0.6 is 0 Å². The highest BCUT2D eigenvalue weighted by Gasteiger charge is 1.97. The van der Waals surface area contributed by atoms with E-state index in [1.54, 1.807) is 6.08 Å². The van der Waals surface area contributed by atoms with Crippen molar-refractivity contribution in [2.75, 3.05) is 0 Å². The summed E-state index contributed by atoms with van der Waals surface area (Å²) in [6.45, 7) is 23.1. The molecule has 1 aliphatic rings. The Morgan fingerprint density at radius 1 is 0.889 bits per heavy atom. The lowest BCUT2D eigenvalue weighted by molar-refractivity contribution is 1.00. The van der Waals surface area contributed by atoms with Gasteiger partial charge >= 0.3 is 0 Å². The van der Waals surface area contributed by atoms with E-state index in [1.807, 2.05) is 54.5 Å². The molecule has 0 aliphatic heterocycles. The van der Waals surface area contributed by atoms with Gasteiger partial charge in [0.2, 0.25) is 0 Å². The Morgan fingerprint density at radius 2 is 1.22 bits per heavy atom. The van der Waals surface area contributed by atoms with Crippen LogP contribution in [0.3, 0.4) is 0 Å². The molecule has 0 bridgehead atoms. The van der Waals surface area contributed by atoms with Gasteiger partial charge in [0.1, 0.15) is 0 Å². The Labute approximate surface area is 117 Å². The molecular formula is C18H36. The van der Waals surface area contributed by atoms with Gasteiger partial charge in [0.25, 0.3) is 0 Å². The van der Waals surface area contributed by atoms with Crippen LogP contribution in [0, 0.1) is 0 Å². The quantitative estimate of drug-likeness (QED) is 0.436. The van der Waals surface area contributed by atoms with Crippen LogP contribution in [-0.4, -0.2) is 0 Å². The second kappa shape index (κ2) is 29.7. The summed E-state index contributed by atoms with van der Waals surface area (Å²) >= 11 is 0. The predicted octanol–water partition coefficient (Wildman–Crippen LogP) is 7.11. The fourth-order valence-electron chi connectivity index (χ4n) is 1.06. The Hall–Kier alpha value is -1.04. The highest BCUT2D eigenvalue weighted by atomic mass is 14.0. The molecule has 0 N–H and O–H groups in total. The number of hydrogen-bond donors (Lipinski definition) is 0. The maximum Gasteiger partial charge on any atom is -0.0276 e. The second-order valence-corrected chi connectivity index (χ2v) is 2.74. The van der Waals surface area contributed by atoms with E-state index in [0.29, 0.717) is 0 Å². The zero-order chi connectivity index (χ0) is 15.4. The summed E-state index contributed by atoms with van der Waals surface area (Å²) < 4.78 is 0. The van der Waals surface area contributed by atoms with Crippen molar-refractivity contribution in [1.29, 1.82) is 0 Å². The Bertz CT molecular complexity index is 204. The van der Waals surface area contributed by atoms with Crippen LogP contribution in [0.5, 0.6) is 0 Å². The first-order chi connectivity index (χ1) is 8.76. The van der Waals surface area contributed by atoms with E-state index in [1.165, 1.54) is 24.0 Å². The third-order valence-corrected chi connectivity index (χ3v) is 1.66. The van der Waals surface area contributed by atoms with Crippen molar-refractivity contribution in [3.63, 3.8) is 0 Å². The number of allylic oxidation sites excluding steroid dienone is 6. The Morgan fingerprint density at radius 3 is 1.44 bits per heavy atom. The molecule has 0 radical (unpaired) electrons. The summed E-state index contributed by atoms with van der Waals surface area (Å²) in [5.41, 5.74) is 2.68. The van der Waals surface area contributed by atoms with Crippen LogP contribution in [0.2, 0.25) is 0 Å². The molecular weight excluding hydrogens is 216 g/mol. The maximum atomic E-state index is 3.73. The summed E-state index contributed by atoms with van der Waals surface area (Å²) in [5.74, 6) is 0. The van der Waals surface area contributed by atoms with Gasteiger partial charge in [-0.25, -0.2) is 0 Å². The van der Waals surface area contributed by atoms with E-state index in [0.717, 1.165) is 0 Å². The second-order valence-electron chi connectivity index (χ2n) is 2.74. The molecule has 0 amide bonds. The van der Waals surface area contributed by atoms with Gasteiger partial charge < -0.3 is 0 Å². The maximum absolute atomic E-state index is 3.73. The molecule has 0 nitrogen and oxygen atoms in total. The lowest BCUT2D eigenvalue weighted by Gasteiger charge is -2.06. The van der Waals surface area contributed by atoms with Gasteiger partial charge in [-0.15, -0.1) is 6.58 Å². The fraction of sp³-hybridized carbons (Fsp3) is 0.556. The first kappa shape index (κ1) is 25.7. The molecule has 0 aromatic rings. The molecule has 0 saturated heterocycles. The molecule has 1 rings (SSSR count). The van der Waals surface area contributed by atoms with Gasteiger partial charge in [-0.3, -0.25) is 0 Å². The molecule has 0 saturated carbocycles. The van der Waals surface area contributed by atoms with Crippen molar-refractivity contribution in [3.8, 4) is 0 Å². The highest BCUT2D eigenvalue weighted by Crippen LogP contribution is 2.17. The van der Waals surface area contributed by atoms with E-state index in [9.17, 15) is 0 Å². The van der Waals surface area contributed by atoms with E-state index in [-0.39, 0.29) is 0 Å². The van der Waals surface area contributed by atoms with Crippen molar-refractivity contribution in [2.24, 2.45) is 0 Å². The van der Waals surface area contributed by atoms with Gasteiger partial charge in [-0.05, 0) is 37.8 Å². The van der Waals surface area contributed by atoms with Crippen molar-refractivity contribution in [2.45, 2.75) is 68.2 Å². The van der Waals surface area contributed by atoms with Gasteiger partial charge in [0.05, 0.1) is 0 Å². The van der Waals surface area contributed by atoms with Crippen molar-refractivity contribution < 1.29 is 0 Å². The minimum atomic E-state index is 1.18. The number of hydrogen-bond acceptors (Lipinski definition) is 0. The van der Waals surface area contributed by atoms with Crippen LogP contribution in [0.1, 0.15) is 68.2 Å². The molecule has 1 aliphatic carbocycles. The van der Waals surface area contributed by atoms with Gasteiger partial charge in [0.15, 0.2) is 0 Å². The molecule has 108 valence electrons. The molecule has 0 aromatic carbocycles. The Balaban J connectivity index is -0.0000000925. The van der Waals surface area contributed by atoms with Crippen molar-refractivity contribution in [1.82, 2.24) is 0 Å². The fourth-order valence-corrected chi connectivity index (χ4v) is 1.06. The monoisotopic (exact) mass is 252 g/mol. The first-order valence-corrected chi connectivity index (χ1v) is 7.33. The largest absolute Gasteiger partial charge is 0.103 e. The van der Waals surface area contributed by atoms with E-state index < -0.39 is 0 Å². The molecule has 0 heteroatoms. The third-order valence-electron chi connectivity index (χ3n) is 1.66. The minimum Gasteiger partial charge on any atom is -0.103 e. The molecule has 0 spiro atoms. The average Bonchev–Trinajstić information content (AvgIpc) is 2.47. The van der Waals surface area contributed by atoms with Gasteiger partial charge in [-0.1, -0.05) is 72.4 Å². The van der Waals surface area contributed by atoms with E-state index >= 15 is 0 Å². The summed E-state index contributed by atoms with van der Waals surface area (Å²) in [6, 6.07) is 0. The first-order valence-electron chi connectivity index (χ1n) is 7.33. The van der Waals surface area contributed by atoms with Crippen LogP contribution < -0.4 is 0 Å². The zero-order valence-electron chi connectivity index (χ0n) is 14.1. The van der Waals surface area contributed by atoms with Crippen molar-refractivity contribution in [3.05, 3.63) is 48.6 Å². The van der Waals surface area contributed by atoms with E-state index in [4.69, 9.17) is 0 Å². The van der Waals surface area contributed by atoms with Crippen LogP contribution in [0.25, 0.3) is 0 Å². The molecule has 0 atom stereocenters. The van der Waals surface area contributed by atoms with Crippen molar-refractivity contribution >= 4 is 0 Å². The van der Waals surface area contributed by atoms with Crippen LogP contribution in [0.4, 0.5) is 0 Å². The highest BCUT2D eigenvalue weighted by molar-refractivity contribution is 5.39. The number of rotatable bonds is 1. The average molecular weight is 252 g/mol. The van der Waals surface area contributed by atoms with Crippen LogP contribution in [-0.2, 0) is 0 Å². The summed E-state index contributed by atoms with van der Waals surface area (Å²) in [5, 5.41) is 0. The molecule has 0 fully saturated rings. The minimum absolute atomic E-state index is 1.18. The summed E-state index contributed by atoms with van der Waals surface area (Å²) in [7, 11) is 0. The lowest BCUT2D eigenvalue weighted by atomic mass is 10.00. The molecule has 18 heavy (non-hydrogen) atoms. The standard InChI is InChI=1S/C9H12.C3H6.3C2H6/c1-3-9-7-5-4-6-8(9)2;1-3-2;3*1-2/h3,6-7H,1,4-5H2,2H3;3H,1H2,2H3;3*1-2H3. The van der Waals surface area contributed by atoms with Gasteiger partial charge in [0, 0.05) is 0 Å². The predicted molar refractivity (Wildman–Crippen MR) is 91.2 cm³/mol. The SMILES string of the molecule is C=CC.C=CC1=CCCC=C1C.CC.CC.CC. The lowest BCUT2D eigenvalue weighted by Crippen LogP contribution is -1.86. The zero-order valence-corrected chi connectivity index (χ0v) is 14.1. The van der Waals surface area contributed by atoms with E-state index in [2.05, 4.69) is 32.2 Å². The summed E-state index contributed by atoms with van der Waals surface area (Å²) in [4.78, 5) is 0. The molecule has 0 heterocycles. The third kappa shape index (κ3) is 20.4. The molecule has 0 aromatic heterocycles. The normalized spacial score (nSPS) is 10.9. The molecule has 0 unspecified atom stereocenters. The van der Waals surface area contributed by atoms with Gasteiger partial charge in [-0.2, -0.15) is 0 Å². The smallest absolute Gasteiger partial charge is 0.0276 e. The summed E-state index contributed by atoms with van der Waals surface area (Å²) in [6.07, 6.45) is 10.5.